The van der Waals surface area contributed by atoms with Crippen molar-refractivity contribution in [1.82, 2.24) is 0 Å². The maximum Gasteiger partial charge on any atom is 0.255 e. The molecule has 0 saturated carbocycles. The zero-order valence-electron chi connectivity index (χ0n) is 11.3. The van der Waals surface area contributed by atoms with Crippen LogP contribution in [0.25, 0.3) is 0 Å². The summed E-state index contributed by atoms with van der Waals surface area (Å²) < 4.78 is 0. The smallest absolute Gasteiger partial charge is 0.255 e. The topological polar surface area (TPSA) is 98.7 Å². The second kappa shape index (κ2) is 5.96. The standard InChI is InChI=1S/C15H14N2O4/c1-9-6-11(3-5-13(9)19)17-15(21)10-2-4-14(20)12(7-10)16-8-18/h2-8,19-20H,1H3,(H,16,18)(H,17,21). The van der Waals surface area contributed by atoms with Crippen molar-refractivity contribution in [1.29, 1.82) is 0 Å². The van der Waals surface area contributed by atoms with Crippen molar-refractivity contribution in [2.24, 2.45) is 0 Å². The predicted octanol–water partition coefficient (Wildman–Crippen LogP) is 2.23. The summed E-state index contributed by atoms with van der Waals surface area (Å²) in [6, 6.07) is 8.83. The summed E-state index contributed by atoms with van der Waals surface area (Å²) in [6.45, 7) is 1.72. The molecule has 6 heteroatoms. The molecule has 4 N–H and O–H groups in total. The Morgan fingerprint density at radius 3 is 2.48 bits per heavy atom. The molecule has 0 saturated heterocycles. The zero-order valence-corrected chi connectivity index (χ0v) is 11.3. The van der Waals surface area contributed by atoms with Gasteiger partial charge in [0, 0.05) is 11.3 Å². The van der Waals surface area contributed by atoms with Crippen molar-refractivity contribution in [3.8, 4) is 11.5 Å². The zero-order chi connectivity index (χ0) is 15.4. The van der Waals surface area contributed by atoms with E-state index < -0.39 is 5.91 Å². The van der Waals surface area contributed by atoms with Gasteiger partial charge in [-0.3, -0.25) is 9.59 Å². The average Bonchev–Trinajstić information content (AvgIpc) is 2.45. The lowest BCUT2D eigenvalue weighted by atomic mass is 10.1. The van der Waals surface area contributed by atoms with Gasteiger partial charge in [-0.1, -0.05) is 0 Å². The number of nitrogens with one attached hydrogen (secondary N) is 2. The van der Waals surface area contributed by atoms with E-state index in [4.69, 9.17) is 0 Å². The van der Waals surface area contributed by atoms with Gasteiger partial charge in [-0.2, -0.15) is 0 Å². The van der Waals surface area contributed by atoms with Crippen molar-refractivity contribution >= 4 is 23.7 Å². The normalized spacial score (nSPS) is 9.95. The van der Waals surface area contributed by atoms with Gasteiger partial charge in [0.25, 0.3) is 5.91 Å². The third-order valence-electron chi connectivity index (χ3n) is 2.93. The number of hydrogen-bond donors (Lipinski definition) is 4. The summed E-state index contributed by atoms with van der Waals surface area (Å²) >= 11 is 0. The number of phenolic OH excluding ortho intramolecular Hbond substituents is 2. The Morgan fingerprint density at radius 1 is 1.10 bits per heavy atom. The number of benzene rings is 2. The van der Waals surface area contributed by atoms with Gasteiger partial charge >= 0.3 is 0 Å². The molecule has 21 heavy (non-hydrogen) atoms. The minimum absolute atomic E-state index is 0.126. The number of carbonyl (C=O) groups is 2. The monoisotopic (exact) mass is 286 g/mol. The van der Waals surface area contributed by atoms with E-state index in [1.807, 2.05) is 0 Å². The van der Waals surface area contributed by atoms with Crippen molar-refractivity contribution in [3.63, 3.8) is 0 Å². The first-order valence-electron chi connectivity index (χ1n) is 6.15. The first-order chi connectivity index (χ1) is 10.0. The predicted molar refractivity (Wildman–Crippen MR) is 78.6 cm³/mol. The lowest BCUT2D eigenvalue weighted by molar-refractivity contribution is -0.105. The molecule has 2 rings (SSSR count). The van der Waals surface area contributed by atoms with Gasteiger partial charge < -0.3 is 20.8 Å². The van der Waals surface area contributed by atoms with Gasteiger partial charge in [0.2, 0.25) is 6.41 Å². The first kappa shape index (κ1) is 14.4. The molecular formula is C15H14N2O4. The van der Waals surface area contributed by atoms with Crippen molar-refractivity contribution in [3.05, 3.63) is 47.5 Å². The highest BCUT2D eigenvalue weighted by Crippen LogP contribution is 2.25. The molecule has 0 atom stereocenters. The summed E-state index contributed by atoms with van der Waals surface area (Å²) in [4.78, 5) is 22.5. The molecule has 108 valence electrons. The summed E-state index contributed by atoms with van der Waals surface area (Å²) in [6.07, 6.45) is 0.417. The summed E-state index contributed by atoms with van der Waals surface area (Å²) in [5.74, 6) is -0.372. The van der Waals surface area contributed by atoms with Gasteiger partial charge in [-0.25, -0.2) is 0 Å². The number of anilines is 2. The number of rotatable bonds is 4. The number of amides is 2. The first-order valence-corrected chi connectivity index (χ1v) is 6.15. The second-order valence-electron chi connectivity index (χ2n) is 4.45. The average molecular weight is 286 g/mol. The molecule has 0 aromatic heterocycles. The number of aromatic hydroxyl groups is 2. The summed E-state index contributed by atoms with van der Waals surface area (Å²) in [5, 5.41) is 23.9. The Hall–Kier alpha value is -3.02. The van der Waals surface area contributed by atoms with Gasteiger partial charge in [0.15, 0.2) is 0 Å². The molecule has 6 nitrogen and oxygen atoms in total. The number of carbonyl (C=O) groups excluding carboxylic acids is 2. The minimum atomic E-state index is -0.394. The SMILES string of the molecule is Cc1cc(NC(=O)c2ccc(O)c(NC=O)c2)ccc1O. The highest BCUT2D eigenvalue weighted by Gasteiger charge is 2.10. The lowest BCUT2D eigenvalue weighted by Gasteiger charge is -2.09. The van der Waals surface area contributed by atoms with Crippen molar-refractivity contribution < 1.29 is 19.8 Å². The molecule has 0 fully saturated rings. The van der Waals surface area contributed by atoms with Crippen LogP contribution in [0.4, 0.5) is 11.4 Å². The van der Waals surface area contributed by atoms with Crippen molar-refractivity contribution in [2.75, 3.05) is 10.6 Å². The fraction of sp³-hybridized carbons (Fsp3) is 0.0667. The molecular weight excluding hydrogens is 272 g/mol. The molecule has 0 bridgehead atoms. The van der Waals surface area contributed by atoms with E-state index >= 15 is 0 Å². The molecule has 0 spiro atoms. The van der Waals surface area contributed by atoms with E-state index in [1.165, 1.54) is 24.3 Å². The van der Waals surface area contributed by atoms with Crippen LogP contribution in [0.2, 0.25) is 0 Å². The Labute approximate surface area is 121 Å². The molecule has 0 heterocycles. The van der Waals surface area contributed by atoms with Crippen LogP contribution in [0.1, 0.15) is 15.9 Å². The van der Waals surface area contributed by atoms with E-state index in [2.05, 4.69) is 10.6 Å². The summed E-state index contributed by atoms with van der Waals surface area (Å²) in [5.41, 5.74) is 1.61. The van der Waals surface area contributed by atoms with Gasteiger partial charge in [0.1, 0.15) is 11.5 Å². The van der Waals surface area contributed by atoms with Crippen LogP contribution < -0.4 is 10.6 Å². The Bertz CT molecular complexity index is 698. The van der Waals surface area contributed by atoms with Crippen LogP contribution in [0, 0.1) is 6.92 Å². The fourth-order valence-corrected chi connectivity index (χ4v) is 1.79. The van der Waals surface area contributed by atoms with E-state index in [-0.39, 0.29) is 22.7 Å². The molecule has 2 amide bonds. The van der Waals surface area contributed by atoms with E-state index in [0.29, 0.717) is 17.7 Å². The molecule has 0 aliphatic carbocycles. The minimum Gasteiger partial charge on any atom is -0.508 e. The van der Waals surface area contributed by atoms with E-state index in [1.54, 1.807) is 19.1 Å². The molecule has 0 aliphatic heterocycles. The second-order valence-corrected chi connectivity index (χ2v) is 4.45. The molecule has 2 aromatic carbocycles. The highest BCUT2D eigenvalue weighted by molar-refractivity contribution is 6.05. The van der Waals surface area contributed by atoms with Crippen LogP contribution >= 0.6 is 0 Å². The fourth-order valence-electron chi connectivity index (χ4n) is 1.79. The van der Waals surface area contributed by atoms with E-state index in [9.17, 15) is 19.8 Å². The van der Waals surface area contributed by atoms with Gasteiger partial charge in [-0.05, 0) is 48.9 Å². The highest BCUT2D eigenvalue weighted by atomic mass is 16.3. The number of hydrogen-bond acceptors (Lipinski definition) is 4. The lowest BCUT2D eigenvalue weighted by Crippen LogP contribution is -2.12. The summed E-state index contributed by atoms with van der Waals surface area (Å²) in [7, 11) is 0. The van der Waals surface area contributed by atoms with Crippen LogP contribution in [-0.2, 0) is 4.79 Å². The van der Waals surface area contributed by atoms with Crippen molar-refractivity contribution in [2.45, 2.75) is 6.92 Å². The third-order valence-corrected chi connectivity index (χ3v) is 2.93. The van der Waals surface area contributed by atoms with Gasteiger partial charge in [0.05, 0.1) is 5.69 Å². The maximum absolute atomic E-state index is 12.1. The molecule has 0 radical (unpaired) electrons. The Balaban J connectivity index is 2.21. The number of aryl methyl sites for hydroxylation is 1. The van der Waals surface area contributed by atoms with Gasteiger partial charge in [-0.15, -0.1) is 0 Å². The van der Waals surface area contributed by atoms with Crippen LogP contribution in [0.3, 0.4) is 0 Å². The Kier molecular flexibility index (Phi) is 4.08. The Morgan fingerprint density at radius 2 is 1.81 bits per heavy atom. The molecule has 0 unspecified atom stereocenters. The molecule has 2 aromatic rings. The number of phenols is 2. The van der Waals surface area contributed by atoms with Crippen LogP contribution in [-0.4, -0.2) is 22.5 Å². The maximum atomic E-state index is 12.1. The van der Waals surface area contributed by atoms with Crippen LogP contribution in [0.5, 0.6) is 11.5 Å². The third kappa shape index (κ3) is 3.30. The van der Waals surface area contributed by atoms with Crippen LogP contribution in [0.15, 0.2) is 36.4 Å². The quantitative estimate of drug-likeness (QED) is 0.393. The molecule has 0 aliphatic rings. The largest absolute Gasteiger partial charge is 0.508 e. The van der Waals surface area contributed by atoms with E-state index in [0.717, 1.165) is 0 Å².